The lowest BCUT2D eigenvalue weighted by Gasteiger charge is -2.29. The predicted octanol–water partition coefficient (Wildman–Crippen LogP) is 2.49. The summed E-state index contributed by atoms with van der Waals surface area (Å²) in [5, 5.41) is 0. The van der Waals surface area contributed by atoms with Crippen LogP contribution in [0, 0.1) is 5.92 Å². The normalized spacial score (nSPS) is 15.3. The molecule has 0 aromatic carbocycles. The molecule has 2 unspecified atom stereocenters. The second-order valence-corrected chi connectivity index (χ2v) is 4.53. The molecule has 0 aliphatic rings. The maximum Gasteiger partial charge on any atom is 0.330 e. The summed E-state index contributed by atoms with van der Waals surface area (Å²) < 4.78 is 5.23. The molecule has 16 heavy (non-hydrogen) atoms. The Balaban J connectivity index is 4.23. The smallest absolute Gasteiger partial charge is 0.330 e. The number of carbonyl (C=O) groups is 1. The molecular weight excluding hydrogens is 208 g/mol. The minimum absolute atomic E-state index is 0.0493. The van der Waals surface area contributed by atoms with Gasteiger partial charge in [0, 0.05) is 6.08 Å². The Kier molecular flexibility index (Phi) is 6.29. The number of esters is 1. The maximum atomic E-state index is 11.1. The quantitative estimate of drug-likeness (QED) is 0.292. The third-order valence-electron chi connectivity index (χ3n) is 2.41. The molecule has 0 aliphatic heterocycles. The van der Waals surface area contributed by atoms with Crippen molar-refractivity contribution in [2.75, 3.05) is 7.11 Å². The molecule has 0 fully saturated rings. The molecule has 0 aromatic rings. The second-order valence-electron chi connectivity index (χ2n) is 4.53. The van der Waals surface area contributed by atoms with Crippen LogP contribution in [0.25, 0.3) is 0 Å². The average molecular weight is 230 g/mol. The van der Waals surface area contributed by atoms with Crippen molar-refractivity contribution in [3.05, 3.63) is 12.7 Å². The Morgan fingerprint density at radius 2 is 2.00 bits per heavy atom. The summed E-state index contributed by atoms with van der Waals surface area (Å²) in [4.78, 5) is 20.7. The summed E-state index contributed by atoms with van der Waals surface area (Å²) in [6.07, 6.45) is 1.81. The van der Waals surface area contributed by atoms with Crippen LogP contribution in [-0.4, -0.2) is 24.8 Å². The van der Waals surface area contributed by atoms with E-state index >= 15 is 0 Å². The largest absolute Gasteiger partial charge is 0.457 e. The summed E-state index contributed by atoms with van der Waals surface area (Å²) in [5.41, 5.74) is -0.532. The van der Waals surface area contributed by atoms with Gasteiger partial charge in [0.05, 0.1) is 13.2 Å². The predicted molar refractivity (Wildman–Crippen MR) is 61.7 cm³/mol. The maximum absolute atomic E-state index is 11.1. The molecule has 0 spiro atoms. The number of ether oxygens (including phenoxy) is 1. The Morgan fingerprint density at radius 1 is 1.44 bits per heavy atom. The van der Waals surface area contributed by atoms with Gasteiger partial charge in [0.25, 0.3) is 0 Å². The lowest BCUT2D eigenvalue weighted by atomic mass is 9.91. The highest BCUT2D eigenvalue weighted by Crippen LogP contribution is 2.24. The highest BCUT2D eigenvalue weighted by Gasteiger charge is 2.27. The van der Waals surface area contributed by atoms with E-state index in [1.54, 1.807) is 0 Å². The number of hydrogen-bond acceptors (Lipinski definition) is 4. The van der Waals surface area contributed by atoms with E-state index in [4.69, 9.17) is 9.62 Å². The molecule has 0 rings (SSSR count). The van der Waals surface area contributed by atoms with E-state index in [-0.39, 0.29) is 12.0 Å². The van der Waals surface area contributed by atoms with Crippen LogP contribution < -0.4 is 0 Å². The van der Waals surface area contributed by atoms with Crippen LogP contribution in [0.3, 0.4) is 0 Å². The van der Waals surface area contributed by atoms with Gasteiger partial charge in [-0.2, -0.15) is 0 Å². The second kappa shape index (κ2) is 6.66. The lowest BCUT2D eigenvalue weighted by molar-refractivity contribution is -0.311. The Labute approximate surface area is 97.5 Å². The van der Waals surface area contributed by atoms with Crippen molar-refractivity contribution in [1.82, 2.24) is 0 Å². The van der Waals surface area contributed by atoms with Crippen molar-refractivity contribution in [3.8, 4) is 0 Å². The van der Waals surface area contributed by atoms with Gasteiger partial charge in [-0.15, -0.1) is 0 Å². The SMILES string of the molecule is C=CC(=O)OC(C)(C)CC(C)C(C)OOC. The molecular formula is C12H22O4. The number of rotatable bonds is 7. The summed E-state index contributed by atoms with van der Waals surface area (Å²) >= 11 is 0. The van der Waals surface area contributed by atoms with Crippen LogP contribution in [0.5, 0.6) is 0 Å². The molecule has 94 valence electrons. The molecule has 0 saturated heterocycles. The molecule has 4 heteroatoms. The van der Waals surface area contributed by atoms with Crippen molar-refractivity contribution >= 4 is 5.97 Å². The van der Waals surface area contributed by atoms with Gasteiger partial charge in [-0.25, -0.2) is 14.6 Å². The summed E-state index contributed by atoms with van der Waals surface area (Å²) in [7, 11) is 1.48. The van der Waals surface area contributed by atoms with Crippen LogP contribution >= 0.6 is 0 Å². The summed E-state index contributed by atoms with van der Waals surface area (Å²) in [6.45, 7) is 11.0. The highest BCUT2D eigenvalue weighted by molar-refractivity contribution is 5.81. The van der Waals surface area contributed by atoms with Gasteiger partial charge >= 0.3 is 5.97 Å². The number of hydrogen-bond donors (Lipinski definition) is 0. The van der Waals surface area contributed by atoms with Crippen LogP contribution in [0.15, 0.2) is 12.7 Å². The first kappa shape index (κ1) is 15.1. The zero-order valence-electron chi connectivity index (χ0n) is 10.8. The van der Waals surface area contributed by atoms with Crippen molar-refractivity contribution in [1.29, 1.82) is 0 Å². The molecule has 2 atom stereocenters. The van der Waals surface area contributed by atoms with Crippen LogP contribution in [-0.2, 0) is 19.3 Å². The third kappa shape index (κ3) is 5.88. The Hall–Kier alpha value is -0.870. The summed E-state index contributed by atoms with van der Waals surface area (Å²) in [5.74, 6) is -0.190. The van der Waals surface area contributed by atoms with E-state index in [9.17, 15) is 4.79 Å². The molecule has 0 heterocycles. The first-order valence-corrected chi connectivity index (χ1v) is 5.37. The Bertz CT molecular complexity index is 235. The fourth-order valence-corrected chi connectivity index (χ4v) is 1.54. The average Bonchev–Trinajstić information content (AvgIpc) is 2.16. The molecule has 0 aliphatic carbocycles. The van der Waals surface area contributed by atoms with Gasteiger partial charge in [-0.1, -0.05) is 13.5 Å². The van der Waals surface area contributed by atoms with Gasteiger partial charge in [0.15, 0.2) is 0 Å². The zero-order valence-corrected chi connectivity index (χ0v) is 10.8. The van der Waals surface area contributed by atoms with Gasteiger partial charge in [0.1, 0.15) is 5.60 Å². The van der Waals surface area contributed by atoms with Crippen molar-refractivity contribution in [3.63, 3.8) is 0 Å². The first-order chi connectivity index (χ1) is 7.32. The molecule has 0 radical (unpaired) electrons. The fourth-order valence-electron chi connectivity index (χ4n) is 1.54. The minimum atomic E-state index is -0.532. The van der Waals surface area contributed by atoms with Crippen LogP contribution in [0.1, 0.15) is 34.1 Å². The van der Waals surface area contributed by atoms with E-state index in [0.717, 1.165) is 0 Å². The van der Waals surface area contributed by atoms with E-state index in [0.29, 0.717) is 6.42 Å². The molecule has 0 aromatic heterocycles. The topological polar surface area (TPSA) is 44.8 Å². The van der Waals surface area contributed by atoms with Crippen molar-refractivity contribution in [2.45, 2.75) is 45.8 Å². The Morgan fingerprint density at radius 3 is 2.44 bits per heavy atom. The van der Waals surface area contributed by atoms with E-state index < -0.39 is 11.6 Å². The van der Waals surface area contributed by atoms with Gasteiger partial charge in [-0.3, -0.25) is 0 Å². The summed E-state index contributed by atoms with van der Waals surface area (Å²) in [6, 6.07) is 0. The molecule has 0 amide bonds. The van der Waals surface area contributed by atoms with Crippen LogP contribution in [0.4, 0.5) is 0 Å². The number of carbonyl (C=O) groups excluding carboxylic acids is 1. The molecule has 0 saturated carbocycles. The lowest BCUT2D eigenvalue weighted by Crippen LogP contribution is -2.33. The fraction of sp³-hybridized carbons (Fsp3) is 0.750. The van der Waals surface area contributed by atoms with Gasteiger partial charge in [0.2, 0.25) is 0 Å². The van der Waals surface area contributed by atoms with E-state index in [2.05, 4.69) is 11.5 Å². The first-order valence-electron chi connectivity index (χ1n) is 5.37. The van der Waals surface area contributed by atoms with Crippen LogP contribution in [0.2, 0.25) is 0 Å². The highest BCUT2D eigenvalue weighted by atomic mass is 17.2. The zero-order chi connectivity index (χ0) is 12.8. The minimum Gasteiger partial charge on any atom is -0.457 e. The molecule has 0 N–H and O–H groups in total. The third-order valence-corrected chi connectivity index (χ3v) is 2.41. The van der Waals surface area contributed by atoms with E-state index in [1.807, 2.05) is 27.7 Å². The standard InChI is InChI=1S/C12H22O4/c1-7-11(13)15-12(4,5)8-9(2)10(3)16-14-6/h7,9-10H,1,8H2,2-6H3. The van der Waals surface area contributed by atoms with Gasteiger partial charge < -0.3 is 4.74 Å². The molecule has 4 nitrogen and oxygen atoms in total. The monoisotopic (exact) mass is 230 g/mol. The van der Waals surface area contributed by atoms with E-state index in [1.165, 1.54) is 13.2 Å². The molecule has 0 bridgehead atoms. The van der Waals surface area contributed by atoms with Crippen molar-refractivity contribution in [2.24, 2.45) is 5.92 Å². The van der Waals surface area contributed by atoms with Crippen molar-refractivity contribution < 1.29 is 19.3 Å². The van der Waals surface area contributed by atoms with Gasteiger partial charge in [-0.05, 0) is 33.1 Å².